The molecule has 10 atom stereocenters. The number of nitrogens with zero attached hydrogens (tertiary/aromatic N) is 2. The van der Waals surface area contributed by atoms with Gasteiger partial charge in [-0.3, -0.25) is 9.80 Å². The van der Waals surface area contributed by atoms with Crippen molar-refractivity contribution in [1.82, 2.24) is 9.80 Å². The Balaban J connectivity index is 1.25. The van der Waals surface area contributed by atoms with Crippen LogP contribution in [-0.2, 0) is 9.59 Å². The molecule has 0 spiro atoms. The Labute approximate surface area is 211 Å². The molecule has 3 saturated carbocycles. The maximum absolute atomic E-state index is 11.0. The number of carboxylic acid groups (broad SMARTS) is 2. The van der Waals surface area contributed by atoms with Gasteiger partial charge >= 0.3 is 11.9 Å². The molecule has 0 bridgehead atoms. The Morgan fingerprint density at radius 1 is 0.647 bits per heavy atom. The largest absolute Gasteiger partial charge is 0.478 e. The number of allylic oxidation sites excluding steroid dienone is 2. The molecule has 0 aromatic heterocycles. The molecule has 0 amide bonds. The Kier molecular flexibility index (Phi) is 7.41. The molecule has 188 valence electrons. The zero-order chi connectivity index (χ0) is 24.0. The van der Waals surface area contributed by atoms with Gasteiger partial charge in [-0.1, -0.05) is 12.2 Å². The molecule has 2 heterocycles. The third-order valence-electron chi connectivity index (χ3n) is 9.21. The van der Waals surface area contributed by atoms with Crippen LogP contribution in [0.15, 0.2) is 24.3 Å². The third kappa shape index (κ3) is 4.97. The lowest BCUT2D eigenvalue weighted by Crippen LogP contribution is -2.65. The molecule has 34 heavy (non-hydrogen) atoms. The summed E-state index contributed by atoms with van der Waals surface area (Å²) in [4.78, 5) is 27.3. The molecule has 5 aliphatic rings. The van der Waals surface area contributed by atoms with Crippen LogP contribution in [0.2, 0.25) is 0 Å². The number of thioether (sulfide) groups is 2. The Hall–Kier alpha value is -0.960. The van der Waals surface area contributed by atoms with Gasteiger partial charge in [0.2, 0.25) is 0 Å². The second-order valence-electron chi connectivity index (χ2n) is 11.0. The van der Waals surface area contributed by atoms with Crippen LogP contribution in [0.5, 0.6) is 0 Å². The maximum atomic E-state index is 11.0. The van der Waals surface area contributed by atoms with Gasteiger partial charge in [-0.2, -0.15) is 23.5 Å². The summed E-state index contributed by atoms with van der Waals surface area (Å²) in [5.41, 5.74) is 0. The smallest absolute Gasteiger partial charge is 0.327 e. The Morgan fingerprint density at radius 2 is 1.03 bits per heavy atom. The fraction of sp³-hybridized carbons (Fsp3) is 0.769. The topological polar surface area (TPSA) is 81.1 Å². The van der Waals surface area contributed by atoms with Crippen molar-refractivity contribution in [2.24, 2.45) is 11.8 Å². The molecule has 5 rings (SSSR count). The molecule has 10 unspecified atom stereocenters. The van der Waals surface area contributed by atoms with Crippen LogP contribution in [0.3, 0.4) is 0 Å². The number of rotatable bonds is 4. The fourth-order valence-corrected chi connectivity index (χ4v) is 11.7. The maximum Gasteiger partial charge on any atom is 0.327 e. The van der Waals surface area contributed by atoms with Gasteiger partial charge in [0.1, 0.15) is 0 Å². The molecule has 5 fully saturated rings. The van der Waals surface area contributed by atoms with Gasteiger partial charge in [-0.05, 0) is 77.3 Å². The van der Waals surface area contributed by atoms with Gasteiger partial charge in [0.25, 0.3) is 0 Å². The normalized spacial score (nSPS) is 45.4. The average molecular weight is 507 g/mol. The first-order valence-corrected chi connectivity index (χ1v) is 14.8. The SMILES string of the molecule is CN1C2CCC(C=CC(=O)O)CC2SC2CC3C(CC21)SC1CC(C=CC(=O)O)CCC1N3C. The average Bonchev–Trinajstić information content (AvgIpc) is 2.81. The summed E-state index contributed by atoms with van der Waals surface area (Å²) in [6, 6.07) is 2.47. The van der Waals surface area contributed by atoms with Crippen LogP contribution >= 0.6 is 23.5 Å². The van der Waals surface area contributed by atoms with E-state index in [1.165, 1.54) is 25.0 Å². The quantitative estimate of drug-likeness (QED) is 0.555. The summed E-state index contributed by atoms with van der Waals surface area (Å²) in [7, 11) is 4.69. The Morgan fingerprint density at radius 3 is 1.41 bits per heavy atom. The van der Waals surface area contributed by atoms with E-state index >= 15 is 0 Å². The van der Waals surface area contributed by atoms with Crippen LogP contribution in [0.4, 0.5) is 0 Å². The van der Waals surface area contributed by atoms with E-state index in [-0.39, 0.29) is 0 Å². The molecule has 6 nitrogen and oxygen atoms in total. The van der Waals surface area contributed by atoms with Gasteiger partial charge in [0.05, 0.1) is 0 Å². The van der Waals surface area contributed by atoms with Crippen LogP contribution < -0.4 is 0 Å². The van der Waals surface area contributed by atoms with Gasteiger partial charge in [0.15, 0.2) is 0 Å². The van der Waals surface area contributed by atoms with Crippen molar-refractivity contribution in [3.8, 4) is 0 Å². The van der Waals surface area contributed by atoms with Crippen molar-refractivity contribution in [3.05, 3.63) is 24.3 Å². The molecule has 2 aliphatic heterocycles. The molecule has 2 N–H and O–H groups in total. The lowest BCUT2D eigenvalue weighted by atomic mass is 9.80. The van der Waals surface area contributed by atoms with Crippen molar-refractivity contribution in [3.63, 3.8) is 0 Å². The number of hydrogen-bond acceptors (Lipinski definition) is 6. The highest BCUT2D eigenvalue weighted by Gasteiger charge is 2.53. The molecule has 0 aromatic carbocycles. The first-order chi connectivity index (χ1) is 16.3. The Bertz CT molecular complexity index is 783. The molecule has 0 radical (unpaired) electrons. The number of fused-ring (bicyclic) bond motifs is 4. The predicted molar refractivity (Wildman–Crippen MR) is 138 cm³/mol. The van der Waals surface area contributed by atoms with Crippen molar-refractivity contribution in [2.45, 2.75) is 96.5 Å². The number of hydrogen-bond donors (Lipinski definition) is 2. The summed E-state index contributed by atoms with van der Waals surface area (Å²) in [6.07, 6.45) is 15.7. The summed E-state index contributed by atoms with van der Waals surface area (Å²) >= 11 is 4.43. The van der Waals surface area contributed by atoms with Crippen molar-refractivity contribution in [1.29, 1.82) is 0 Å². The summed E-state index contributed by atoms with van der Waals surface area (Å²) in [5.74, 6) is -0.885. The minimum absolute atomic E-state index is 0.394. The summed E-state index contributed by atoms with van der Waals surface area (Å²) < 4.78 is 0. The third-order valence-corrected chi connectivity index (χ3v) is 12.6. The fourth-order valence-electron chi connectivity index (χ4n) is 7.48. The summed E-state index contributed by atoms with van der Waals surface area (Å²) in [5, 5.41) is 20.6. The minimum atomic E-state index is -0.836. The lowest BCUT2D eigenvalue weighted by molar-refractivity contribution is -0.132. The highest BCUT2D eigenvalue weighted by Crippen LogP contribution is 2.53. The van der Waals surface area contributed by atoms with E-state index in [4.69, 9.17) is 10.2 Å². The zero-order valence-corrected chi connectivity index (χ0v) is 21.8. The molecule has 8 heteroatoms. The molecular weight excluding hydrogens is 468 g/mol. The second-order valence-corrected chi connectivity index (χ2v) is 14.0. The zero-order valence-electron chi connectivity index (χ0n) is 20.2. The van der Waals surface area contributed by atoms with E-state index in [9.17, 15) is 9.59 Å². The molecule has 3 aliphatic carbocycles. The molecule has 0 aromatic rings. The first kappa shape index (κ1) is 24.7. The van der Waals surface area contributed by atoms with Crippen molar-refractivity contribution in [2.75, 3.05) is 14.1 Å². The van der Waals surface area contributed by atoms with E-state index < -0.39 is 11.9 Å². The van der Waals surface area contributed by atoms with E-state index in [0.29, 0.717) is 57.0 Å². The van der Waals surface area contributed by atoms with E-state index in [1.807, 2.05) is 12.2 Å². The highest BCUT2D eigenvalue weighted by atomic mass is 32.2. The number of carboxylic acids is 2. The first-order valence-electron chi connectivity index (χ1n) is 12.9. The van der Waals surface area contributed by atoms with Gasteiger partial charge < -0.3 is 10.2 Å². The van der Waals surface area contributed by atoms with Crippen LogP contribution in [0.25, 0.3) is 0 Å². The van der Waals surface area contributed by atoms with Gasteiger partial charge in [-0.15, -0.1) is 0 Å². The highest BCUT2D eigenvalue weighted by molar-refractivity contribution is 8.01. The van der Waals surface area contributed by atoms with Crippen molar-refractivity contribution < 1.29 is 19.8 Å². The monoisotopic (exact) mass is 506 g/mol. The van der Waals surface area contributed by atoms with Crippen molar-refractivity contribution >= 4 is 35.5 Å². The molecular formula is C26H38N2O4S2. The molecule has 2 saturated heterocycles. The standard InChI is InChI=1S/C26H38N2O4S2/c1-27-17-7-3-15(5-9-25(29)30)11-21(17)33-23-14-20-24(13-19(23)27)34-22-12-16(6-10-26(31)32)4-8-18(22)28(20)2/h5-6,9-10,15-24H,3-4,7-8,11-14H2,1-2H3,(H,29,30)(H,31,32). The van der Waals surface area contributed by atoms with E-state index in [0.717, 1.165) is 38.5 Å². The predicted octanol–water partition coefficient (Wildman–Crippen LogP) is 3.97. The minimum Gasteiger partial charge on any atom is -0.478 e. The van der Waals surface area contributed by atoms with E-state index in [1.54, 1.807) is 0 Å². The van der Waals surface area contributed by atoms with Crippen LogP contribution in [0, 0.1) is 11.8 Å². The van der Waals surface area contributed by atoms with Gasteiger partial charge in [-0.25, -0.2) is 9.59 Å². The van der Waals surface area contributed by atoms with Gasteiger partial charge in [0, 0.05) is 57.3 Å². The number of aliphatic carboxylic acids is 2. The second kappa shape index (κ2) is 10.2. The van der Waals surface area contributed by atoms with Crippen LogP contribution in [0.1, 0.15) is 51.4 Å². The lowest BCUT2D eigenvalue weighted by Gasteiger charge is -2.59. The van der Waals surface area contributed by atoms with Crippen LogP contribution in [-0.4, -0.2) is 91.2 Å². The number of carbonyl (C=O) groups is 2. The summed E-state index contributed by atoms with van der Waals surface area (Å²) in [6.45, 7) is 0. The van der Waals surface area contributed by atoms with E-state index in [2.05, 4.69) is 47.4 Å².